The van der Waals surface area contributed by atoms with Crippen LogP contribution in [0.25, 0.3) is 21.1 Å². The molecule has 4 aromatic rings. The van der Waals surface area contributed by atoms with E-state index in [9.17, 15) is 9.59 Å². The standard InChI is InChI=1S/C21H20N4O3S2/c1-3-25-19(27)14-7-5-6-8-15(14)23-21(25)29-12-18(26)24-20-22-16-10-9-13(28-4-2)11-17(16)30-20/h5-11H,3-4,12H2,1-2H3,(H,22,24,26). The molecule has 154 valence electrons. The van der Waals surface area contributed by atoms with Crippen LogP contribution in [0, 0.1) is 0 Å². The highest BCUT2D eigenvalue weighted by Crippen LogP contribution is 2.29. The smallest absolute Gasteiger partial charge is 0.262 e. The molecule has 0 unspecified atom stereocenters. The van der Waals surface area contributed by atoms with Gasteiger partial charge in [-0.3, -0.25) is 14.2 Å². The Labute approximate surface area is 181 Å². The summed E-state index contributed by atoms with van der Waals surface area (Å²) in [7, 11) is 0. The van der Waals surface area contributed by atoms with E-state index in [1.165, 1.54) is 23.1 Å². The molecule has 0 saturated carbocycles. The van der Waals surface area contributed by atoms with Crippen molar-refractivity contribution in [2.24, 2.45) is 0 Å². The second kappa shape index (κ2) is 8.85. The number of nitrogens with zero attached hydrogens (tertiary/aromatic N) is 3. The van der Waals surface area contributed by atoms with Crippen molar-refractivity contribution in [2.75, 3.05) is 17.7 Å². The van der Waals surface area contributed by atoms with E-state index in [0.29, 0.717) is 34.3 Å². The predicted octanol–water partition coefficient (Wildman–Crippen LogP) is 4.16. The van der Waals surface area contributed by atoms with Crippen molar-refractivity contribution in [1.29, 1.82) is 0 Å². The van der Waals surface area contributed by atoms with Crippen LogP contribution < -0.4 is 15.6 Å². The molecule has 2 heterocycles. The number of amides is 1. The van der Waals surface area contributed by atoms with Gasteiger partial charge in [0.15, 0.2) is 10.3 Å². The summed E-state index contributed by atoms with van der Waals surface area (Å²) in [4.78, 5) is 34.2. The number of fused-ring (bicyclic) bond motifs is 2. The lowest BCUT2D eigenvalue weighted by atomic mass is 10.2. The number of benzene rings is 2. The van der Waals surface area contributed by atoms with Crippen molar-refractivity contribution in [2.45, 2.75) is 25.5 Å². The van der Waals surface area contributed by atoms with Crippen molar-refractivity contribution in [3.63, 3.8) is 0 Å². The van der Waals surface area contributed by atoms with Gasteiger partial charge in [0.2, 0.25) is 5.91 Å². The lowest BCUT2D eigenvalue weighted by Crippen LogP contribution is -2.23. The lowest BCUT2D eigenvalue weighted by Gasteiger charge is -2.10. The number of thiazole rings is 1. The predicted molar refractivity (Wildman–Crippen MR) is 122 cm³/mol. The Hall–Kier alpha value is -2.91. The summed E-state index contributed by atoms with van der Waals surface area (Å²) < 4.78 is 8.04. The third-order valence-corrected chi connectivity index (χ3v) is 6.30. The second-order valence-corrected chi connectivity index (χ2v) is 8.35. The molecule has 0 aliphatic heterocycles. The van der Waals surface area contributed by atoms with E-state index in [4.69, 9.17) is 4.74 Å². The molecule has 9 heteroatoms. The van der Waals surface area contributed by atoms with Crippen LogP contribution in [0.1, 0.15) is 13.8 Å². The van der Waals surface area contributed by atoms with Crippen LogP contribution in [0.5, 0.6) is 5.75 Å². The van der Waals surface area contributed by atoms with Crippen molar-refractivity contribution in [3.8, 4) is 5.75 Å². The van der Waals surface area contributed by atoms with Gasteiger partial charge in [-0.25, -0.2) is 9.97 Å². The van der Waals surface area contributed by atoms with E-state index in [1.807, 2.05) is 44.2 Å². The maximum absolute atomic E-state index is 12.7. The molecular weight excluding hydrogens is 420 g/mol. The summed E-state index contributed by atoms with van der Waals surface area (Å²) >= 11 is 2.64. The van der Waals surface area contributed by atoms with Crippen LogP contribution in [0.3, 0.4) is 0 Å². The minimum absolute atomic E-state index is 0.0951. The number of carbonyl (C=O) groups is 1. The van der Waals surface area contributed by atoms with Gasteiger partial charge in [0.1, 0.15) is 5.75 Å². The largest absolute Gasteiger partial charge is 0.494 e. The summed E-state index contributed by atoms with van der Waals surface area (Å²) in [6.07, 6.45) is 0. The lowest BCUT2D eigenvalue weighted by molar-refractivity contribution is -0.113. The SMILES string of the molecule is CCOc1ccc2nc(NC(=O)CSc3nc4ccccc4c(=O)n3CC)sc2c1. The van der Waals surface area contributed by atoms with Gasteiger partial charge in [0.25, 0.3) is 5.56 Å². The fourth-order valence-corrected chi connectivity index (χ4v) is 4.81. The number of thioether (sulfide) groups is 1. The third kappa shape index (κ3) is 4.17. The molecule has 0 spiro atoms. The number of rotatable bonds is 7. The number of ether oxygens (including phenoxy) is 1. The Kier molecular flexibility index (Phi) is 6.01. The molecule has 30 heavy (non-hydrogen) atoms. The summed E-state index contributed by atoms with van der Waals surface area (Å²) in [6, 6.07) is 12.9. The van der Waals surface area contributed by atoms with Crippen LogP contribution in [0.2, 0.25) is 0 Å². The van der Waals surface area contributed by atoms with Crippen molar-refractivity contribution in [1.82, 2.24) is 14.5 Å². The average molecular weight is 441 g/mol. The number of nitrogens with one attached hydrogen (secondary N) is 1. The van der Waals surface area contributed by atoms with E-state index in [-0.39, 0.29) is 17.2 Å². The molecular formula is C21H20N4O3S2. The molecule has 0 atom stereocenters. The fourth-order valence-electron chi connectivity index (χ4n) is 3.04. The summed E-state index contributed by atoms with van der Waals surface area (Å²) in [5.41, 5.74) is 1.34. The minimum Gasteiger partial charge on any atom is -0.494 e. The number of carbonyl (C=O) groups excluding carboxylic acids is 1. The van der Waals surface area contributed by atoms with Gasteiger partial charge in [0.05, 0.1) is 33.5 Å². The first-order valence-corrected chi connectivity index (χ1v) is 11.3. The second-order valence-electron chi connectivity index (χ2n) is 6.38. The van der Waals surface area contributed by atoms with E-state index in [0.717, 1.165) is 16.0 Å². The number of aromatic nitrogens is 3. The molecule has 7 nitrogen and oxygen atoms in total. The molecule has 0 saturated heterocycles. The highest BCUT2D eigenvalue weighted by molar-refractivity contribution is 7.99. The average Bonchev–Trinajstić information content (AvgIpc) is 3.14. The topological polar surface area (TPSA) is 86.1 Å². The highest BCUT2D eigenvalue weighted by atomic mass is 32.2. The molecule has 0 aliphatic carbocycles. The molecule has 2 aromatic heterocycles. The molecule has 0 fully saturated rings. The molecule has 1 N–H and O–H groups in total. The molecule has 2 aromatic carbocycles. The Balaban J connectivity index is 1.49. The quantitative estimate of drug-likeness (QED) is 0.343. The van der Waals surface area contributed by atoms with Gasteiger partial charge in [-0.1, -0.05) is 35.2 Å². The minimum atomic E-state index is -0.200. The first kappa shape index (κ1) is 20.4. The summed E-state index contributed by atoms with van der Waals surface area (Å²) in [5, 5.41) is 4.47. The number of anilines is 1. The maximum Gasteiger partial charge on any atom is 0.262 e. The first-order chi connectivity index (χ1) is 14.6. The number of hydrogen-bond acceptors (Lipinski definition) is 7. The Morgan fingerprint density at radius 1 is 1.17 bits per heavy atom. The van der Waals surface area contributed by atoms with Crippen LogP contribution in [-0.2, 0) is 11.3 Å². The molecule has 0 aliphatic rings. The van der Waals surface area contributed by atoms with E-state index < -0.39 is 0 Å². The zero-order chi connectivity index (χ0) is 21.1. The molecule has 0 bridgehead atoms. The van der Waals surface area contributed by atoms with Gasteiger partial charge in [-0.15, -0.1) is 0 Å². The van der Waals surface area contributed by atoms with Crippen molar-refractivity contribution in [3.05, 3.63) is 52.8 Å². The van der Waals surface area contributed by atoms with Gasteiger partial charge < -0.3 is 10.1 Å². The van der Waals surface area contributed by atoms with E-state index in [1.54, 1.807) is 16.7 Å². The number of para-hydroxylation sites is 1. The highest BCUT2D eigenvalue weighted by Gasteiger charge is 2.13. The zero-order valence-electron chi connectivity index (χ0n) is 16.5. The molecule has 4 rings (SSSR count). The van der Waals surface area contributed by atoms with E-state index in [2.05, 4.69) is 15.3 Å². The van der Waals surface area contributed by atoms with Crippen molar-refractivity contribution >= 4 is 55.3 Å². The van der Waals surface area contributed by atoms with Gasteiger partial charge in [-0.05, 0) is 44.2 Å². The van der Waals surface area contributed by atoms with Gasteiger partial charge in [0, 0.05) is 6.54 Å². The van der Waals surface area contributed by atoms with Crippen LogP contribution in [0.4, 0.5) is 5.13 Å². The summed E-state index contributed by atoms with van der Waals surface area (Å²) in [6.45, 7) is 4.90. The molecule has 0 radical (unpaired) electrons. The Morgan fingerprint density at radius 3 is 2.80 bits per heavy atom. The molecule has 1 amide bonds. The Morgan fingerprint density at radius 2 is 2.00 bits per heavy atom. The fraction of sp³-hybridized carbons (Fsp3) is 0.238. The van der Waals surface area contributed by atoms with Crippen molar-refractivity contribution < 1.29 is 9.53 Å². The first-order valence-electron chi connectivity index (χ1n) is 9.54. The normalized spacial score (nSPS) is 11.1. The van der Waals surface area contributed by atoms with Crippen LogP contribution >= 0.6 is 23.1 Å². The van der Waals surface area contributed by atoms with Gasteiger partial charge in [-0.2, -0.15) is 0 Å². The summed E-state index contributed by atoms with van der Waals surface area (Å²) in [5.74, 6) is 0.710. The van der Waals surface area contributed by atoms with Crippen LogP contribution in [-0.4, -0.2) is 32.8 Å². The van der Waals surface area contributed by atoms with E-state index >= 15 is 0 Å². The number of hydrogen-bond donors (Lipinski definition) is 1. The monoisotopic (exact) mass is 440 g/mol. The van der Waals surface area contributed by atoms with Crippen LogP contribution in [0.15, 0.2) is 52.4 Å². The third-order valence-electron chi connectivity index (χ3n) is 4.39. The zero-order valence-corrected chi connectivity index (χ0v) is 18.2. The maximum atomic E-state index is 12.7. The van der Waals surface area contributed by atoms with Gasteiger partial charge >= 0.3 is 0 Å². The Bertz CT molecular complexity index is 1280.